The first-order chi connectivity index (χ1) is 15.2. The van der Waals surface area contributed by atoms with E-state index >= 15 is 0 Å². The molecular formula is C25H45NO5. The van der Waals surface area contributed by atoms with E-state index in [1.807, 2.05) is 6.07 Å². The fourth-order valence-electron chi connectivity index (χ4n) is 3.20. The minimum Gasteiger partial charge on any atom is -0.454 e. The van der Waals surface area contributed by atoms with Crippen LogP contribution in [0.4, 0.5) is 0 Å². The molecule has 6 nitrogen and oxygen atoms in total. The molecule has 1 aromatic carbocycles. The lowest BCUT2D eigenvalue weighted by molar-refractivity contribution is 0.0101. The maximum atomic E-state index is 5.75. The number of ether oxygens (including phenoxy) is 5. The molecule has 0 bridgehead atoms. The van der Waals surface area contributed by atoms with Crippen molar-refractivity contribution in [3.05, 3.63) is 23.3 Å². The summed E-state index contributed by atoms with van der Waals surface area (Å²) in [5, 5.41) is 0. The van der Waals surface area contributed by atoms with Gasteiger partial charge in [0.1, 0.15) is 0 Å². The van der Waals surface area contributed by atoms with Crippen LogP contribution in [0.25, 0.3) is 0 Å². The standard InChI is InChI=1S/C19H30O5.C6H15N/c1-3-5-7-20-8-9-21-10-11-22-14-17-13-19-18(23-15-24-19)12-16(17)6-4-2;1-4-7(5-2)6-3/h12-13H,3-11,14-15H2,1-2H3;4-6H2,1-3H3. The Labute approximate surface area is 190 Å². The molecule has 0 spiro atoms. The summed E-state index contributed by atoms with van der Waals surface area (Å²) in [6, 6.07) is 4.12. The van der Waals surface area contributed by atoms with E-state index < -0.39 is 0 Å². The molecule has 0 fully saturated rings. The van der Waals surface area contributed by atoms with Crippen LogP contribution in [0.15, 0.2) is 12.1 Å². The third-order valence-electron chi connectivity index (χ3n) is 5.20. The normalized spacial score (nSPS) is 12.2. The molecule has 31 heavy (non-hydrogen) atoms. The van der Waals surface area contributed by atoms with Crippen molar-refractivity contribution < 1.29 is 23.7 Å². The number of hydrogen-bond acceptors (Lipinski definition) is 6. The van der Waals surface area contributed by atoms with Gasteiger partial charge in [-0.05, 0) is 55.7 Å². The Bertz CT molecular complexity index is 558. The Morgan fingerprint density at radius 3 is 1.77 bits per heavy atom. The molecule has 1 aliphatic rings. The zero-order valence-electron chi connectivity index (χ0n) is 20.5. The Balaban J connectivity index is 0.000000592. The zero-order valence-corrected chi connectivity index (χ0v) is 20.5. The highest BCUT2D eigenvalue weighted by molar-refractivity contribution is 5.48. The largest absolute Gasteiger partial charge is 0.454 e. The summed E-state index contributed by atoms with van der Waals surface area (Å²) in [4.78, 5) is 2.38. The molecule has 0 aromatic heterocycles. The summed E-state index contributed by atoms with van der Waals surface area (Å²) in [6.45, 7) is 18.6. The van der Waals surface area contributed by atoms with Crippen molar-refractivity contribution in [2.45, 2.75) is 66.9 Å². The lowest BCUT2D eigenvalue weighted by atomic mass is 10.0. The summed E-state index contributed by atoms with van der Waals surface area (Å²) in [5.74, 6) is 1.66. The molecule has 2 rings (SSSR count). The highest BCUT2D eigenvalue weighted by Gasteiger charge is 2.16. The van der Waals surface area contributed by atoms with Crippen molar-refractivity contribution in [3.63, 3.8) is 0 Å². The third-order valence-corrected chi connectivity index (χ3v) is 5.20. The van der Waals surface area contributed by atoms with Crippen molar-refractivity contribution in [3.8, 4) is 11.5 Å². The molecule has 0 atom stereocenters. The second-order valence-electron chi connectivity index (χ2n) is 7.47. The number of hydrogen-bond donors (Lipinski definition) is 0. The van der Waals surface area contributed by atoms with Crippen LogP contribution >= 0.6 is 0 Å². The molecule has 180 valence electrons. The van der Waals surface area contributed by atoms with E-state index in [0.717, 1.165) is 43.8 Å². The molecule has 1 heterocycles. The van der Waals surface area contributed by atoms with Gasteiger partial charge in [0, 0.05) is 6.61 Å². The maximum Gasteiger partial charge on any atom is 0.231 e. The Hall–Kier alpha value is -1.34. The summed E-state index contributed by atoms with van der Waals surface area (Å²) >= 11 is 0. The molecule has 0 N–H and O–H groups in total. The zero-order chi connectivity index (χ0) is 22.7. The van der Waals surface area contributed by atoms with Gasteiger partial charge in [-0.1, -0.05) is 47.5 Å². The Morgan fingerprint density at radius 1 is 0.710 bits per heavy atom. The molecule has 6 heteroatoms. The first-order valence-corrected chi connectivity index (χ1v) is 12.1. The minimum atomic E-state index is 0.305. The SMILES string of the molecule is CCCCOCCOCCOCc1cc2c(cc1CCC)OCO2.CCN(CC)CC. The van der Waals surface area contributed by atoms with E-state index in [-0.39, 0.29) is 0 Å². The number of nitrogens with zero attached hydrogens (tertiary/aromatic N) is 1. The first kappa shape index (κ1) is 27.7. The van der Waals surface area contributed by atoms with Crippen LogP contribution < -0.4 is 9.47 Å². The van der Waals surface area contributed by atoms with Crippen molar-refractivity contribution in [1.82, 2.24) is 4.90 Å². The fraction of sp³-hybridized carbons (Fsp3) is 0.760. The number of rotatable bonds is 16. The Kier molecular flexibility index (Phi) is 16.3. The van der Waals surface area contributed by atoms with Crippen LogP contribution in [0.1, 0.15) is 65.0 Å². The highest BCUT2D eigenvalue weighted by Crippen LogP contribution is 2.35. The number of fused-ring (bicyclic) bond motifs is 1. The maximum absolute atomic E-state index is 5.75. The van der Waals surface area contributed by atoms with Crippen molar-refractivity contribution >= 4 is 0 Å². The number of unbranched alkanes of at least 4 members (excludes halogenated alkanes) is 1. The van der Waals surface area contributed by atoms with Gasteiger partial charge in [0.25, 0.3) is 0 Å². The van der Waals surface area contributed by atoms with Gasteiger partial charge in [-0.15, -0.1) is 0 Å². The molecule has 1 aromatic rings. The lowest BCUT2D eigenvalue weighted by Gasteiger charge is -2.13. The van der Waals surface area contributed by atoms with E-state index in [0.29, 0.717) is 39.8 Å². The van der Waals surface area contributed by atoms with Gasteiger partial charge >= 0.3 is 0 Å². The molecule has 0 amide bonds. The summed E-state index contributed by atoms with van der Waals surface area (Å²) in [6.07, 6.45) is 4.38. The summed E-state index contributed by atoms with van der Waals surface area (Å²) < 4.78 is 27.6. The van der Waals surface area contributed by atoms with E-state index in [9.17, 15) is 0 Å². The summed E-state index contributed by atoms with van der Waals surface area (Å²) in [5.41, 5.74) is 2.44. The van der Waals surface area contributed by atoms with E-state index in [1.165, 1.54) is 30.8 Å². The molecule has 0 unspecified atom stereocenters. The number of aryl methyl sites for hydroxylation is 1. The smallest absolute Gasteiger partial charge is 0.231 e. The summed E-state index contributed by atoms with van der Waals surface area (Å²) in [7, 11) is 0. The second kappa shape index (κ2) is 18.3. The molecule has 1 aliphatic heterocycles. The average molecular weight is 440 g/mol. The van der Waals surface area contributed by atoms with E-state index in [4.69, 9.17) is 23.7 Å². The first-order valence-electron chi connectivity index (χ1n) is 12.1. The van der Waals surface area contributed by atoms with Gasteiger partial charge in [-0.2, -0.15) is 0 Å². The average Bonchev–Trinajstić information content (AvgIpc) is 3.24. The van der Waals surface area contributed by atoms with Crippen molar-refractivity contribution in [2.75, 3.05) is 59.5 Å². The second-order valence-corrected chi connectivity index (χ2v) is 7.47. The van der Waals surface area contributed by atoms with Crippen LogP contribution in [0, 0.1) is 0 Å². The third kappa shape index (κ3) is 11.7. The van der Waals surface area contributed by atoms with Crippen LogP contribution in [0.2, 0.25) is 0 Å². The van der Waals surface area contributed by atoms with Gasteiger partial charge in [-0.3, -0.25) is 0 Å². The minimum absolute atomic E-state index is 0.305. The van der Waals surface area contributed by atoms with Crippen LogP contribution in [-0.4, -0.2) is 64.4 Å². The van der Waals surface area contributed by atoms with Gasteiger partial charge < -0.3 is 28.6 Å². The van der Waals surface area contributed by atoms with Crippen LogP contribution in [0.3, 0.4) is 0 Å². The molecular weight excluding hydrogens is 394 g/mol. The van der Waals surface area contributed by atoms with Crippen molar-refractivity contribution in [1.29, 1.82) is 0 Å². The quantitative estimate of drug-likeness (QED) is 0.335. The monoisotopic (exact) mass is 439 g/mol. The molecule has 0 radical (unpaired) electrons. The number of benzene rings is 1. The van der Waals surface area contributed by atoms with Crippen LogP contribution in [0.5, 0.6) is 11.5 Å². The lowest BCUT2D eigenvalue weighted by Crippen LogP contribution is -2.21. The van der Waals surface area contributed by atoms with E-state index in [2.05, 4.69) is 45.6 Å². The van der Waals surface area contributed by atoms with Gasteiger partial charge in [0.15, 0.2) is 11.5 Å². The van der Waals surface area contributed by atoms with Crippen LogP contribution in [-0.2, 0) is 27.2 Å². The van der Waals surface area contributed by atoms with Gasteiger partial charge in [0.2, 0.25) is 6.79 Å². The highest BCUT2D eigenvalue weighted by atomic mass is 16.7. The van der Waals surface area contributed by atoms with Crippen molar-refractivity contribution in [2.24, 2.45) is 0 Å². The Morgan fingerprint density at radius 2 is 1.26 bits per heavy atom. The molecule has 0 aliphatic carbocycles. The fourth-order valence-corrected chi connectivity index (χ4v) is 3.20. The van der Waals surface area contributed by atoms with Gasteiger partial charge in [-0.25, -0.2) is 0 Å². The van der Waals surface area contributed by atoms with Gasteiger partial charge in [0.05, 0.1) is 33.0 Å². The molecule has 0 saturated heterocycles. The predicted octanol–water partition coefficient (Wildman–Crippen LogP) is 5.07. The topological polar surface area (TPSA) is 49.4 Å². The predicted molar refractivity (Wildman–Crippen MR) is 126 cm³/mol. The molecule has 0 saturated carbocycles. The van der Waals surface area contributed by atoms with E-state index in [1.54, 1.807) is 0 Å².